The Hall–Kier alpha value is -1.97. The van der Waals surface area contributed by atoms with Crippen LogP contribution in [0.2, 0.25) is 0 Å². The summed E-state index contributed by atoms with van der Waals surface area (Å²) in [6.45, 7) is 3.99. The molecule has 0 saturated heterocycles. The average molecular weight is 244 g/mol. The fourth-order valence-electron chi connectivity index (χ4n) is 1.94. The molecule has 94 valence electrons. The van der Waals surface area contributed by atoms with Crippen LogP contribution in [0.4, 0.5) is 0 Å². The molecule has 0 amide bonds. The number of hydrogen-bond acceptors (Lipinski definition) is 4. The largest absolute Gasteiger partial charge is 0.465 e. The lowest BCUT2D eigenvalue weighted by Gasteiger charge is -2.22. The Labute approximate surface area is 106 Å². The first-order valence-electron chi connectivity index (χ1n) is 6.02. The summed E-state index contributed by atoms with van der Waals surface area (Å²) < 4.78 is 5.07. The van der Waals surface area contributed by atoms with Crippen LogP contribution in [0.25, 0.3) is 0 Å². The maximum absolute atomic E-state index is 11.9. The lowest BCUT2D eigenvalue weighted by atomic mass is 9.93. The van der Waals surface area contributed by atoms with Gasteiger partial charge in [0.1, 0.15) is 11.8 Å². The Morgan fingerprint density at radius 2 is 2.06 bits per heavy atom. The Bertz CT molecular complexity index is 480. The minimum absolute atomic E-state index is 0.234. The van der Waals surface area contributed by atoms with E-state index >= 15 is 0 Å². The highest BCUT2D eigenvalue weighted by molar-refractivity contribution is 5.99. The smallest absolute Gasteiger partial charge is 0.316 e. The maximum Gasteiger partial charge on any atom is 0.316 e. The van der Waals surface area contributed by atoms with Gasteiger partial charge in [0.15, 0.2) is 0 Å². The molecule has 0 bridgehead atoms. The van der Waals surface area contributed by atoms with Gasteiger partial charge in [0, 0.05) is 6.21 Å². The van der Waals surface area contributed by atoms with Crippen LogP contribution < -0.4 is 0 Å². The molecule has 2 atom stereocenters. The third-order valence-electron chi connectivity index (χ3n) is 2.79. The fourth-order valence-corrected chi connectivity index (χ4v) is 1.94. The van der Waals surface area contributed by atoms with Crippen molar-refractivity contribution in [3.8, 4) is 0 Å². The zero-order chi connectivity index (χ0) is 13.0. The minimum atomic E-state index is -0.434. The van der Waals surface area contributed by atoms with Crippen molar-refractivity contribution in [1.29, 1.82) is 0 Å². The minimum Gasteiger partial charge on any atom is -0.465 e. The molecule has 0 saturated carbocycles. The summed E-state index contributed by atoms with van der Waals surface area (Å²) in [6, 6.07) is 9.51. The summed E-state index contributed by atoms with van der Waals surface area (Å²) in [4.78, 5) is 20.5. The van der Waals surface area contributed by atoms with E-state index in [-0.39, 0.29) is 12.0 Å². The van der Waals surface area contributed by atoms with Gasteiger partial charge in [-0.1, -0.05) is 30.3 Å². The lowest BCUT2D eigenvalue weighted by molar-refractivity contribution is -0.146. The van der Waals surface area contributed by atoms with Crippen LogP contribution in [0, 0.1) is 5.92 Å². The normalized spacial score (nSPS) is 22.4. The van der Waals surface area contributed by atoms with Gasteiger partial charge in [-0.05, 0) is 19.4 Å². The molecule has 1 heterocycles. The van der Waals surface area contributed by atoms with E-state index in [4.69, 9.17) is 4.74 Å². The molecule has 0 N–H and O–H groups in total. The van der Waals surface area contributed by atoms with Crippen molar-refractivity contribution in [2.75, 3.05) is 6.61 Å². The molecular weight excluding hydrogens is 228 g/mol. The van der Waals surface area contributed by atoms with Gasteiger partial charge in [-0.25, -0.2) is 4.99 Å². The first-order valence-corrected chi connectivity index (χ1v) is 6.02. The van der Waals surface area contributed by atoms with Gasteiger partial charge < -0.3 is 4.74 Å². The van der Waals surface area contributed by atoms with E-state index in [0.29, 0.717) is 12.4 Å². The first-order chi connectivity index (χ1) is 8.72. The molecule has 1 aromatic carbocycles. The van der Waals surface area contributed by atoms with Crippen molar-refractivity contribution in [3.05, 3.63) is 35.9 Å². The molecule has 4 nitrogen and oxygen atoms in total. The van der Waals surface area contributed by atoms with E-state index in [9.17, 15) is 4.79 Å². The summed E-state index contributed by atoms with van der Waals surface area (Å²) in [5, 5.41) is 0. The third kappa shape index (κ3) is 2.64. The molecule has 18 heavy (non-hydrogen) atoms. The van der Waals surface area contributed by atoms with Crippen LogP contribution >= 0.6 is 0 Å². The van der Waals surface area contributed by atoms with Crippen LogP contribution in [0.5, 0.6) is 0 Å². The van der Waals surface area contributed by atoms with Gasteiger partial charge in [0.05, 0.1) is 12.6 Å². The molecule has 2 unspecified atom stereocenters. The van der Waals surface area contributed by atoms with E-state index in [1.54, 1.807) is 13.1 Å². The zero-order valence-corrected chi connectivity index (χ0v) is 10.5. The molecule has 1 aliphatic rings. The number of carbonyl (C=O) groups is 1. The number of nitrogens with zero attached hydrogens (tertiary/aromatic N) is 2. The number of rotatable bonds is 3. The predicted molar refractivity (Wildman–Crippen MR) is 70.9 cm³/mol. The number of carbonyl (C=O) groups excluding carboxylic acids is 1. The number of ether oxygens (including phenoxy) is 1. The van der Waals surface area contributed by atoms with E-state index in [1.807, 2.05) is 37.3 Å². The summed E-state index contributed by atoms with van der Waals surface area (Å²) in [7, 11) is 0. The summed E-state index contributed by atoms with van der Waals surface area (Å²) in [5.41, 5.74) is 1.00. The highest BCUT2D eigenvalue weighted by Gasteiger charge is 2.31. The van der Waals surface area contributed by atoms with Crippen LogP contribution in [-0.2, 0) is 9.53 Å². The molecular formula is C14H16N2O2. The molecule has 0 radical (unpaired) electrons. The van der Waals surface area contributed by atoms with Crippen molar-refractivity contribution in [3.63, 3.8) is 0 Å². The Morgan fingerprint density at radius 3 is 2.72 bits per heavy atom. The zero-order valence-electron chi connectivity index (χ0n) is 10.5. The van der Waals surface area contributed by atoms with Crippen molar-refractivity contribution < 1.29 is 9.53 Å². The highest BCUT2D eigenvalue weighted by Crippen LogP contribution is 2.28. The van der Waals surface area contributed by atoms with Crippen LogP contribution in [-0.4, -0.2) is 24.6 Å². The van der Waals surface area contributed by atoms with Crippen molar-refractivity contribution in [2.24, 2.45) is 15.9 Å². The predicted octanol–water partition coefficient (Wildman–Crippen LogP) is 2.41. The molecule has 1 aliphatic heterocycles. The second-order valence-corrected chi connectivity index (χ2v) is 4.09. The van der Waals surface area contributed by atoms with Gasteiger partial charge in [-0.2, -0.15) is 0 Å². The molecule has 0 aromatic heterocycles. The fraction of sp³-hybridized carbons (Fsp3) is 0.357. The SMILES string of the molecule is CCOC(=O)C1C=NC(C)=NC1c1ccccc1. The summed E-state index contributed by atoms with van der Waals surface area (Å²) in [5.74, 6) is -0.0215. The number of esters is 1. The second-order valence-electron chi connectivity index (χ2n) is 4.09. The second kappa shape index (κ2) is 5.58. The monoisotopic (exact) mass is 244 g/mol. The quantitative estimate of drug-likeness (QED) is 0.767. The number of benzene rings is 1. The van der Waals surface area contributed by atoms with Crippen molar-refractivity contribution in [1.82, 2.24) is 0 Å². The van der Waals surface area contributed by atoms with E-state index < -0.39 is 5.92 Å². The summed E-state index contributed by atoms with van der Waals surface area (Å²) in [6.07, 6.45) is 1.64. The van der Waals surface area contributed by atoms with Crippen molar-refractivity contribution >= 4 is 18.0 Å². The van der Waals surface area contributed by atoms with Gasteiger partial charge in [0.2, 0.25) is 0 Å². The number of amidine groups is 1. The highest BCUT2D eigenvalue weighted by atomic mass is 16.5. The van der Waals surface area contributed by atoms with Gasteiger partial charge in [-0.15, -0.1) is 0 Å². The van der Waals surface area contributed by atoms with Gasteiger partial charge in [-0.3, -0.25) is 9.79 Å². The van der Waals surface area contributed by atoms with E-state index in [1.165, 1.54) is 0 Å². The Morgan fingerprint density at radius 1 is 1.33 bits per heavy atom. The molecule has 0 fully saturated rings. The molecule has 1 aromatic rings. The molecule has 0 aliphatic carbocycles. The van der Waals surface area contributed by atoms with Crippen molar-refractivity contribution in [2.45, 2.75) is 19.9 Å². The Balaban J connectivity index is 2.29. The first kappa shape index (κ1) is 12.5. The Kier molecular flexibility index (Phi) is 3.87. The number of hydrogen-bond donors (Lipinski definition) is 0. The van der Waals surface area contributed by atoms with E-state index in [2.05, 4.69) is 9.98 Å². The van der Waals surface area contributed by atoms with E-state index in [0.717, 1.165) is 5.56 Å². The topological polar surface area (TPSA) is 51.0 Å². The van der Waals surface area contributed by atoms with Crippen LogP contribution in [0.3, 0.4) is 0 Å². The van der Waals surface area contributed by atoms with Gasteiger partial charge >= 0.3 is 5.97 Å². The average Bonchev–Trinajstić information content (AvgIpc) is 2.40. The van der Waals surface area contributed by atoms with Gasteiger partial charge in [0.25, 0.3) is 0 Å². The third-order valence-corrected chi connectivity index (χ3v) is 2.79. The standard InChI is InChI=1S/C14H16N2O2/c1-3-18-14(17)12-9-15-10(2)16-13(12)11-7-5-4-6-8-11/h4-9,12-13H,3H2,1-2H3. The molecule has 0 spiro atoms. The molecule has 2 rings (SSSR count). The maximum atomic E-state index is 11.9. The van der Waals surface area contributed by atoms with Crippen LogP contribution in [0.1, 0.15) is 25.5 Å². The lowest BCUT2D eigenvalue weighted by Crippen LogP contribution is -2.28. The summed E-state index contributed by atoms with van der Waals surface area (Å²) >= 11 is 0. The number of aliphatic imine (C=N–C) groups is 2. The molecule has 4 heteroatoms. The van der Waals surface area contributed by atoms with Crippen LogP contribution in [0.15, 0.2) is 40.3 Å².